The van der Waals surface area contributed by atoms with E-state index in [2.05, 4.69) is 10.1 Å². The zero-order valence-corrected chi connectivity index (χ0v) is 11.5. The summed E-state index contributed by atoms with van der Waals surface area (Å²) in [6.07, 6.45) is 0. The number of anilines is 1. The van der Waals surface area contributed by atoms with Gasteiger partial charge in [-0.05, 0) is 41.5 Å². The van der Waals surface area contributed by atoms with Gasteiger partial charge in [0.2, 0.25) is 0 Å². The molecule has 4 nitrogen and oxygen atoms in total. The van der Waals surface area contributed by atoms with Gasteiger partial charge in [0, 0.05) is 18.8 Å². The summed E-state index contributed by atoms with van der Waals surface area (Å²) in [5.41, 5.74) is 1.75. The number of thiophene rings is 1. The van der Waals surface area contributed by atoms with E-state index in [0.717, 1.165) is 20.0 Å². The van der Waals surface area contributed by atoms with Crippen LogP contribution in [0.25, 0.3) is 10.1 Å². The van der Waals surface area contributed by atoms with Crippen molar-refractivity contribution in [2.24, 2.45) is 0 Å². The molecule has 2 rings (SSSR count). The van der Waals surface area contributed by atoms with Gasteiger partial charge in [0.1, 0.15) is 0 Å². The average molecular weight is 270 g/mol. The third-order valence-electron chi connectivity index (χ3n) is 2.49. The minimum absolute atomic E-state index is 0.590. The first-order chi connectivity index (χ1) is 7.90. The lowest BCUT2D eigenvalue weighted by Crippen LogP contribution is -2.28. The number of hydrogen-bond acceptors (Lipinski definition) is 3. The van der Waals surface area contributed by atoms with Crippen LogP contribution >= 0.6 is 11.3 Å². The molecular formula is C11H14N2O2S2. The molecule has 6 heteroatoms. The van der Waals surface area contributed by atoms with Gasteiger partial charge in [-0.2, -0.15) is 12.7 Å². The molecule has 1 aromatic heterocycles. The van der Waals surface area contributed by atoms with Crippen molar-refractivity contribution in [1.29, 1.82) is 0 Å². The van der Waals surface area contributed by atoms with Crippen LogP contribution in [0.4, 0.5) is 5.69 Å². The highest BCUT2D eigenvalue weighted by Crippen LogP contribution is 2.28. The van der Waals surface area contributed by atoms with E-state index in [4.69, 9.17) is 0 Å². The molecule has 0 amide bonds. The minimum atomic E-state index is -3.43. The summed E-state index contributed by atoms with van der Waals surface area (Å²) in [4.78, 5) is 0. The van der Waals surface area contributed by atoms with E-state index in [1.165, 1.54) is 14.1 Å². The van der Waals surface area contributed by atoms with Crippen molar-refractivity contribution in [1.82, 2.24) is 4.31 Å². The first kappa shape index (κ1) is 12.3. The molecule has 92 valence electrons. The van der Waals surface area contributed by atoms with Gasteiger partial charge in [0.15, 0.2) is 0 Å². The molecule has 0 saturated heterocycles. The minimum Gasteiger partial charge on any atom is -0.271 e. The average Bonchev–Trinajstić information content (AvgIpc) is 2.60. The van der Waals surface area contributed by atoms with Crippen LogP contribution in [0.5, 0.6) is 0 Å². The van der Waals surface area contributed by atoms with Gasteiger partial charge in [-0.3, -0.25) is 4.72 Å². The Hall–Kier alpha value is -1.11. The van der Waals surface area contributed by atoms with E-state index >= 15 is 0 Å². The van der Waals surface area contributed by atoms with Crippen LogP contribution in [0.15, 0.2) is 23.6 Å². The van der Waals surface area contributed by atoms with Crippen LogP contribution in [0.2, 0.25) is 0 Å². The number of aryl methyl sites for hydroxylation is 1. The summed E-state index contributed by atoms with van der Waals surface area (Å²) in [5, 5.41) is 3.16. The molecule has 0 saturated carbocycles. The Morgan fingerprint density at radius 3 is 2.65 bits per heavy atom. The van der Waals surface area contributed by atoms with Crippen molar-refractivity contribution in [2.75, 3.05) is 18.8 Å². The van der Waals surface area contributed by atoms with Crippen molar-refractivity contribution in [3.8, 4) is 0 Å². The van der Waals surface area contributed by atoms with E-state index in [1.54, 1.807) is 17.4 Å². The van der Waals surface area contributed by atoms with Crippen molar-refractivity contribution in [3.05, 3.63) is 29.1 Å². The topological polar surface area (TPSA) is 49.4 Å². The zero-order valence-electron chi connectivity index (χ0n) is 9.89. The second-order valence-electron chi connectivity index (χ2n) is 4.02. The number of nitrogens with one attached hydrogen (secondary N) is 1. The molecule has 0 bridgehead atoms. The quantitative estimate of drug-likeness (QED) is 0.931. The molecule has 0 spiro atoms. The van der Waals surface area contributed by atoms with Gasteiger partial charge >= 0.3 is 10.2 Å². The highest BCUT2D eigenvalue weighted by Gasteiger charge is 2.13. The van der Waals surface area contributed by atoms with Crippen molar-refractivity contribution >= 4 is 37.3 Å². The highest BCUT2D eigenvalue weighted by atomic mass is 32.2. The molecule has 1 N–H and O–H groups in total. The molecule has 0 unspecified atom stereocenters. The molecule has 1 heterocycles. The molecule has 0 aliphatic heterocycles. The molecule has 0 aliphatic rings. The first-order valence-electron chi connectivity index (χ1n) is 5.08. The summed E-state index contributed by atoms with van der Waals surface area (Å²) >= 11 is 1.66. The number of hydrogen-bond donors (Lipinski definition) is 1. The van der Waals surface area contributed by atoms with Gasteiger partial charge in [-0.1, -0.05) is 0 Å². The Labute approximate surface area is 105 Å². The number of fused-ring (bicyclic) bond motifs is 1. The van der Waals surface area contributed by atoms with E-state index in [-0.39, 0.29) is 0 Å². The van der Waals surface area contributed by atoms with Crippen molar-refractivity contribution in [3.63, 3.8) is 0 Å². The lowest BCUT2D eigenvalue weighted by molar-refractivity contribution is 0.527. The van der Waals surface area contributed by atoms with Crippen LogP contribution in [-0.4, -0.2) is 26.8 Å². The number of benzene rings is 1. The van der Waals surface area contributed by atoms with Crippen LogP contribution < -0.4 is 4.72 Å². The fraction of sp³-hybridized carbons (Fsp3) is 0.273. The second-order valence-corrected chi connectivity index (χ2v) is 6.81. The largest absolute Gasteiger partial charge is 0.301 e. The molecule has 0 aliphatic carbocycles. The maximum Gasteiger partial charge on any atom is 0.301 e. The van der Waals surface area contributed by atoms with Crippen LogP contribution in [-0.2, 0) is 10.2 Å². The summed E-state index contributed by atoms with van der Waals surface area (Å²) in [5.74, 6) is 0. The molecule has 17 heavy (non-hydrogen) atoms. The fourth-order valence-corrected chi connectivity index (χ4v) is 2.99. The number of rotatable bonds is 3. The van der Waals surface area contributed by atoms with Crippen LogP contribution in [0.1, 0.15) is 5.56 Å². The normalized spacial score (nSPS) is 12.2. The fourth-order valence-electron chi connectivity index (χ4n) is 1.46. The first-order valence-corrected chi connectivity index (χ1v) is 7.40. The van der Waals surface area contributed by atoms with Gasteiger partial charge in [0.25, 0.3) is 0 Å². The molecule has 0 radical (unpaired) electrons. The number of nitrogens with zero attached hydrogens (tertiary/aromatic N) is 1. The van der Waals surface area contributed by atoms with Crippen molar-refractivity contribution in [2.45, 2.75) is 6.92 Å². The Morgan fingerprint density at radius 1 is 1.29 bits per heavy atom. The lowest BCUT2D eigenvalue weighted by atomic mass is 10.2. The van der Waals surface area contributed by atoms with Gasteiger partial charge < -0.3 is 0 Å². The van der Waals surface area contributed by atoms with Gasteiger partial charge in [0.05, 0.1) is 5.69 Å². The Kier molecular flexibility index (Phi) is 3.11. The Balaban J connectivity index is 2.41. The summed E-state index contributed by atoms with van der Waals surface area (Å²) in [7, 11) is -0.436. The Bertz CT molecular complexity index is 645. The standard InChI is InChI=1S/C11H14N2O2S2/c1-8-7-16-11-5-4-9(6-10(8)11)12-17(14,15)13(2)3/h4-7,12H,1-3H3. The predicted octanol–water partition coefficient (Wildman–Crippen LogP) is 2.43. The van der Waals surface area contributed by atoms with E-state index in [0.29, 0.717) is 5.69 Å². The third kappa shape index (κ3) is 2.43. The van der Waals surface area contributed by atoms with Crippen LogP contribution in [0.3, 0.4) is 0 Å². The SMILES string of the molecule is Cc1csc2ccc(NS(=O)(=O)N(C)C)cc12. The summed E-state index contributed by atoms with van der Waals surface area (Å²) in [6.45, 7) is 2.02. The van der Waals surface area contributed by atoms with Gasteiger partial charge in [-0.15, -0.1) is 11.3 Å². The third-order valence-corrected chi connectivity index (χ3v) is 5.03. The Morgan fingerprint density at radius 2 is 2.00 bits per heavy atom. The maximum absolute atomic E-state index is 11.7. The molecule has 1 aromatic carbocycles. The molecule has 2 aromatic rings. The summed E-state index contributed by atoms with van der Waals surface area (Å²) in [6, 6.07) is 5.57. The lowest BCUT2D eigenvalue weighted by Gasteiger charge is -2.13. The van der Waals surface area contributed by atoms with E-state index < -0.39 is 10.2 Å². The van der Waals surface area contributed by atoms with Crippen molar-refractivity contribution < 1.29 is 8.42 Å². The predicted molar refractivity (Wildman–Crippen MR) is 72.8 cm³/mol. The van der Waals surface area contributed by atoms with E-state index in [9.17, 15) is 8.42 Å². The summed E-state index contributed by atoms with van der Waals surface area (Å²) < 4.78 is 28.2. The molecule has 0 fully saturated rings. The smallest absolute Gasteiger partial charge is 0.271 e. The maximum atomic E-state index is 11.7. The highest BCUT2D eigenvalue weighted by molar-refractivity contribution is 7.90. The zero-order chi connectivity index (χ0) is 12.6. The second kappa shape index (κ2) is 4.29. The van der Waals surface area contributed by atoms with E-state index in [1.807, 2.05) is 19.1 Å². The monoisotopic (exact) mass is 270 g/mol. The van der Waals surface area contributed by atoms with Crippen LogP contribution in [0, 0.1) is 6.92 Å². The molecular weight excluding hydrogens is 256 g/mol. The molecule has 0 atom stereocenters. The van der Waals surface area contributed by atoms with Gasteiger partial charge in [-0.25, -0.2) is 0 Å².